The molecular formula is C14H23N3. The minimum absolute atomic E-state index is 0.00444. The number of benzene rings is 1. The first kappa shape index (κ1) is 13.7. The van der Waals surface area contributed by atoms with E-state index in [-0.39, 0.29) is 11.8 Å². The third-order valence-electron chi connectivity index (χ3n) is 3.39. The first-order valence-corrected chi connectivity index (χ1v) is 6.15. The first-order valence-electron chi connectivity index (χ1n) is 6.15. The molecular weight excluding hydrogens is 210 g/mol. The lowest BCUT2D eigenvalue weighted by Gasteiger charge is -2.28. The van der Waals surface area contributed by atoms with Crippen LogP contribution in [0.1, 0.15) is 31.7 Å². The molecule has 1 rings (SSSR count). The van der Waals surface area contributed by atoms with Crippen molar-refractivity contribution in [3.05, 3.63) is 35.9 Å². The first-order chi connectivity index (χ1) is 8.06. The summed E-state index contributed by atoms with van der Waals surface area (Å²) in [6, 6.07) is 10.6. The van der Waals surface area contributed by atoms with Gasteiger partial charge in [-0.05, 0) is 26.0 Å². The van der Waals surface area contributed by atoms with Crippen molar-refractivity contribution in [1.82, 2.24) is 4.90 Å². The van der Waals surface area contributed by atoms with Gasteiger partial charge in [-0.25, -0.2) is 0 Å². The predicted octanol–water partition coefficient (Wildman–Crippen LogP) is 2.44. The van der Waals surface area contributed by atoms with E-state index in [1.54, 1.807) is 0 Å². The average molecular weight is 233 g/mol. The Morgan fingerprint density at radius 2 is 1.94 bits per heavy atom. The van der Waals surface area contributed by atoms with Crippen LogP contribution in [0, 0.1) is 5.41 Å². The standard InChI is InChI=1S/C14H23N3/c1-4-11(2)17(3)10-13(14(15)16)12-8-6-5-7-9-12/h5-9,11,13H,4,10H2,1-3H3,(H3,15,16). The molecule has 0 bridgehead atoms. The molecule has 0 fully saturated rings. The summed E-state index contributed by atoms with van der Waals surface area (Å²) in [6.07, 6.45) is 1.11. The van der Waals surface area contributed by atoms with Crippen LogP contribution in [0.3, 0.4) is 0 Å². The van der Waals surface area contributed by atoms with Gasteiger partial charge < -0.3 is 10.6 Å². The summed E-state index contributed by atoms with van der Waals surface area (Å²) in [5.41, 5.74) is 6.84. The highest BCUT2D eigenvalue weighted by atomic mass is 15.1. The van der Waals surface area contributed by atoms with Crippen molar-refractivity contribution in [2.45, 2.75) is 32.2 Å². The molecule has 0 radical (unpaired) electrons. The molecule has 3 heteroatoms. The maximum Gasteiger partial charge on any atom is 0.0995 e. The number of rotatable bonds is 6. The number of nitrogens with two attached hydrogens (primary N) is 1. The smallest absolute Gasteiger partial charge is 0.0995 e. The zero-order valence-corrected chi connectivity index (χ0v) is 11.0. The molecule has 2 atom stereocenters. The number of amidine groups is 1. The summed E-state index contributed by atoms with van der Waals surface area (Å²) in [5.74, 6) is 0.238. The molecule has 0 saturated heterocycles. The van der Waals surface area contributed by atoms with E-state index in [4.69, 9.17) is 11.1 Å². The molecule has 3 N–H and O–H groups in total. The monoisotopic (exact) mass is 233 g/mol. The van der Waals surface area contributed by atoms with E-state index in [1.165, 1.54) is 0 Å². The number of nitrogens with zero attached hydrogens (tertiary/aromatic N) is 1. The van der Waals surface area contributed by atoms with Crippen molar-refractivity contribution in [3.63, 3.8) is 0 Å². The molecule has 2 unspecified atom stereocenters. The van der Waals surface area contributed by atoms with E-state index in [1.807, 2.05) is 30.3 Å². The van der Waals surface area contributed by atoms with Gasteiger partial charge in [-0.2, -0.15) is 0 Å². The van der Waals surface area contributed by atoms with Crippen LogP contribution < -0.4 is 5.73 Å². The summed E-state index contributed by atoms with van der Waals surface area (Å²) in [5, 5.41) is 7.73. The van der Waals surface area contributed by atoms with Crippen LogP contribution in [0.25, 0.3) is 0 Å². The third kappa shape index (κ3) is 3.86. The molecule has 0 heterocycles. The Morgan fingerprint density at radius 1 is 1.35 bits per heavy atom. The summed E-state index contributed by atoms with van der Waals surface area (Å²) < 4.78 is 0. The zero-order valence-electron chi connectivity index (χ0n) is 11.0. The number of hydrogen-bond donors (Lipinski definition) is 2. The molecule has 0 amide bonds. The summed E-state index contributed by atoms with van der Waals surface area (Å²) in [7, 11) is 2.09. The van der Waals surface area contributed by atoms with Crippen molar-refractivity contribution in [3.8, 4) is 0 Å². The predicted molar refractivity (Wildman–Crippen MR) is 73.5 cm³/mol. The molecule has 1 aromatic carbocycles. The Kier molecular flexibility index (Phi) is 5.16. The average Bonchev–Trinajstić information content (AvgIpc) is 2.35. The second-order valence-corrected chi connectivity index (χ2v) is 4.62. The minimum Gasteiger partial charge on any atom is -0.387 e. The van der Waals surface area contributed by atoms with Gasteiger partial charge in [-0.3, -0.25) is 5.41 Å². The van der Waals surface area contributed by atoms with Gasteiger partial charge in [0, 0.05) is 12.6 Å². The summed E-state index contributed by atoms with van der Waals surface area (Å²) in [6.45, 7) is 5.17. The Labute approximate surface area is 104 Å². The molecule has 0 aromatic heterocycles. The molecule has 94 valence electrons. The van der Waals surface area contributed by atoms with Gasteiger partial charge >= 0.3 is 0 Å². The van der Waals surface area contributed by atoms with E-state index in [0.717, 1.165) is 18.5 Å². The molecule has 0 spiro atoms. The molecule has 0 aliphatic heterocycles. The van der Waals surface area contributed by atoms with Crippen molar-refractivity contribution < 1.29 is 0 Å². The van der Waals surface area contributed by atoms with E-state index >= 15 is 0 Å². The third-order valence-corrected chi connectivity index (χ3v) is 3.39. The fourth-order valence-corrected chi connectivity index (χ4v) is 1.85. The maximum absolute atomic E-state index is 7.73. The van der Waals surface area contributed by atoms with Gasteiger partial charge in [0.15, 0.2) is 0 Å². The van der Waals surface area contributed by atoms with Crippen LogP contribution in [-0.2, 0) is 0 Å². The number of hydrogen-bond acceptors (Lipinski definition) is 2. The van der Waals surface area contributed by atoms with Gasteiger partial charge in [0.2, 0.25) is 0 Å². The van der Waals surface area contributed by atoms with E-state index in [0.29, 0.717) is 6.04 Å². The van der Waals surface area contributed by atoms with Crippen LogP contribution in [0.5, 0.6) is 0 Å². The fourth-order valence-electron chi connectivity index (χ4n) is 1.85. The van der Waals surface area contributed by atoms with Crippen LogP contribution in [0.2, 0.25) is 0 Å². The highest BCUT2D eigenvalue weighted by Gasteiger charge is 2.18. The Bertz CT molecular complexity index is 348. The van der Waals surface area contributed by atoms with Crippen LogP contribution in [-0.4, -0.2) is 30.4 Å². The Balaban J connectivity index is 2.78. The van der Waals surface area contributed by atoms with E-state index in [2.05, 4.69) is 25.8 Å². The quantitative estimate of drug-likeness (QED) is 0.585. The van der Waals surface area contributed by atoms with Crippen LogP contribution >= 0.6 is 0 Å². The number of likely N-dealkylation sites (N-methyl/N-ethyl adjacent to an activating group) is 1. The fraction of sp³-hybridized carbons (Fsp3) is 0.500. The van der Waals surface area contributed by atoms with Crippen molar-refractivity contribution >= 4 is 5.84 Å². The maximum atomic E-state index is 7.73. The molecule has 0 aliphatic carbocycles. The van der Waals surface area contributed by atoms with Crippen molar-refractivity contribution in [2.75, 3.05) is 13.6 Å². The van der Waals surface area contributed by atoms with Gasteiger partial charge in [0.25, 0.3) is 0 Å². The lowest BCUT2D eigenvalue weighted by molar-refractivity contribution is 0.249. The summed E-state index contributed by atoms with van der Waals surface area (Å²) >= 11 is 0. The van der Waals surface area contributed by atoms with Crippen LogP contribution in [0.4, 0.5) is 0 Å². The highest BCUT2D eigenvalue weighted by molar-refractivity contribution is 5.84. The summed E-state index contributed by atoms with van der Waals surface area (Å²) in [4.78, 5) is 2.26. The van der Waals surface area contributed by atoms with Crippen molar-refractivity contribution in [1.29, 1.82) is 5.41 Å². The Hall–Kier alpha value is -1.35. The minimum atomic E-state index is -0.00444. The largest absolute Gasteiger partial charge is 0.387 e. The molecule has 0 saturated carbocycles. The number of nitrogens with one attached hydrogen (secondary N) is 1. The second kappa shape index (κ2) is 6.40. The van der Waals surface area contributed by atoms with Crippen LogP contribution in [0.15, 0.2) is 30.3 Å². The van der Waals surface area contributed by atoms with Gasteiger partial charge in [-0.1, -0.05) is 37.3 Å². The van der Waals surface area contributed by atoms with Gasteiger partial charge in [0.05, 0.1) is 11.8 Å². The molecule has 17 heavy (non-hydrogen) atoms. The molecule has 3 nitrogen and oxygen atoms in total. The lowest BCUT2D eigenvalue weighted by Crippen LogP contribution is -2.36. The van der Waals surface area contributed by atoms with Gasteiger partial charge in [0.1, 0.15) is 0 Å². The van der Waals surface area contributed by atoms with Gasteiger partial charge in [-0.15, -0.1) is 0 Å². The zero-order chi connectivity index (χ0) is 12.8. The lowest BCUT2D eigenvalue weighted by atomic mass is 9.97. The molecule has 1 aromatic rings. The SMILES string of the molecule is CCC(C)N(C)CC(C(=N)N)c1ccccc1. The molecule has 0 aliphatic rings. The highest BCUT2D eigenvalue weighted by Crippen LogP contribution is 2.17. The Morgan fingerprint density at radius 3 is 2.41 bits per heavy atom. The van der Waals surface area contributed by atoms with E-state index in [9.17, 15) is 0 Å². The van der Waals surface area contributed by atoms with Crippen molar-refractivity contribution in [2.24, 2.45) is 5.73 Å². The van der Waals surface area contributed by atoms with E-state index < -0.39 is 0 Å². The normalized spacial score (nSPS) is 14.6. The second-order valence-electron chi connectivity index (χ2n) is 4.62. The topological polar surface area (TPSA) is 53.1 Å².